The zero-order valence-electron chi connectivity index (χ0n) is 13.7. The molecule has 3 aliphatic rings. The van der Waals surface area contributed by atoms with E-state index in [0.717, 1.165) is 15.7 Å². The number of ether oxygens (including phenoxy) is 1. The van der Waals surface area contributed by atoms with Crippen LogP contribution in [-0.2, 0) is 14.3 Å². The van der Waals surface area contributed by atoms with E-state index >= 15 is 0 Å². The van der Waals surface area contributed by atoms with Crippen LogP contribution in [0, 0.1) is 11.8 Å². The van der Waals surface area contributed by atoms with Gasteiger partial charge >= 0.3 is 5.97 Å². The van der Waals surface area contributed by atoms with Gasteiger partial charge in [-0.15, -0.1) is 6.58 Å². The molecule has 2 saturated heterocycles. The fraction of sp³-hybridized carbons (Fsp3) is 0.368. The number of hydrogen-bond acceptors (Lipinski definition) is 3. The van der Waals surface area contributed by atoms with E-state index in [1.807, 2.05) is 37.3 Å². The Morgan fingerprint density at radius 3 is 2.68 bits per heavy atom. The summed E-state index contributed by atoms with van der Waals surface area (Å²) >= 11 is 3.40. The molecule has 2 fully saturated rings. The molecular formula is C19H18BrNO4. The SMILES string of the molecule is C=C(C)C[C@@H]1N(c2ccc(Br)cc2)C(=O)[C@@H]2[C@H](C(=O)O)[C@H]3C=C[C@]21O3. The second-order valence-electron chi connectivity index (χ2n) is 7.00. The zero-order valence-corrected chi connectivity index (χ0v) is 15.3. The van der Waals surface area contributed by atoms with Gasteiger partial charge in [-0.2, -0.15) is 0 Å². The molecule has 4 rings (SSSR count). The number of rotatable bonds is 4. The van der Waals surface area contributed by atoms with Crippen LogP contribution in [0.15, 0.2) is 53.0 Å². The topological polar surface area (TPSA) is 66.8 Å². The van der Waals surface area contributed by atoms with Crippen molar-refractivity contribution in [2.24, 2.45) is 11.8 Å². The van der Waals surface area contributed by atoms with Crippen molar-refractivity contribution in [2.45, 2.75) is 31.1 Å². The first-order chi connectivity index (χ1) is 11.8. The molecule has 130 valence electrons. The first-order valence-electron chi connectivity index (χ1n) is 8.18. The highest BCUT2D eigenvalue weighted by Gasteiger charge is 2.71. The number of fused-ring (bicyclic) bond motifs is 1. The van der Waals surface area contributed by atoms with Crippen molar-refractivity contribution in [3.8, 4) is 0 Å². The van der Waals surface area contributed by atoms with Crippen molar-refractivity contribution in [3.05, 3.63) is 53.0 Å². The van der Waals surface area contributed by atoms with Gasteiger partial charge in [-0.05, 0) is 37.6 Å². The van der Waals surface area contributed by atoms with Gasteiger partial charge in [0.1, 0.15) is 11.5 Å². The highest BCUT2D eigenvalue weighted by molar-refractivity contribution is 9.10. The van der Waals surface area contributed by atoms with Crippen LogP contribution in [0.1, 0.15) is 13.3 Å². The van der Waals surface area contributed by atoms with E-state index in [1.54, 1.807) is 11.0 Å². The Kier molecular flexibility index (Phi) is 3.67. The highest BCUT2D eigenvalue weighted by atomic mass is 79.9. The highest BCUT2D eigenvalue weighted by Crippen LogP contribution is 2.56. The predicted molar refractivity (Wildman–Crippen MR) is 96.2 cm³/mol. The summed E-state index contributed by atoms with van der Waals surface area (Å²) in [7, 11) is 0. The van der Waals surface area contributed by atoms with E-state index in [9.17, 15) is 14.7 Å². The van der Waals surface area contributed by atoms with Crippen molar-refractivity contribution >= 4 is 33.5 Å². The number of carbonyl (C=O) groups excluding carboxylic acids is 1. The van der Waals surface area contributed by atoms with Gasteiger partial charge in [0.05, 0.1) is 18.1 Å². The minimum absolute atomic E-state index is 0.187. The van der Waals surface area contributed by atoms with Crippen LogP contribution >= 0.6 is 15.9 Å². The molecular weight excluding hydrogens is 386 g/mol. The summed E-state index contributed by atoms with van der Waals surface area (Å²) in [5.41, 5.74) is 0.776. The van der Waals surface area contributed by atoms with E-state index in [-0.39, 0.29) is 11.9 Å². The third-order valence-corrected chi connectivity index (χ3v) is 5.88. The molecule has 3 heterocycles. The molecule has 0 aliphatic carbocycles. The van der Waals surface area contributed by atoms with Crippen LogP contribution in [-0.4, -0.2) is 34.7 Å². The summed E-state index contributed by atoms with van der Waals surface area (Å²) in [5, 5.41) is 9.65. The smallest absolute Gasteiger partial charge is 0.310 e. The lowest BCUT2D eigenvalue weighted by atomic mass is 9.74. The summed E-state index contributed by atoms with van der Waals surface area (Å²) in [6.07, 6.45) is 3.71. The van der Waals surface area contributed by atoms with E-state index in [2.05, 4.69) is 22.5 Å². The van der Waals surface area contributed by atoms with Gasteiger partial charge in [0.25, 0.3) is 0 Å². The molecule has 25 heavy (non-hydrogen) atoms. The Morgan fingerprint density at radius 1 is 1.40 bits per heavy atom. The van der Waals surface area contributed by atoms with Gasteiger partial charge in [0, 0.05) is 10.2 Å². The maximum absolute atomic E-state index is 13.3. The summed E-state index contributed by atoms with van der Waals surface area (Å²) in [6.45, 7) is 5.90. The summed E-state index contributed by atoms with van der Waals surface area (Å²) in [5.74, 6) is -2.72. The largest absolute Gasteiger partial charge is 0.481 e. The summed E-state index contributed by atoms with van der Waals surface area (Å²) in [6, 6.07) is 7.16. The van der Waals surface area contributed by atoms with Gasteiger partial charge in [-0.3, -0.25) is 9.59 Å². The molecule has 1 amide bonds. The van der Waals surface area contributed by atoms with Crippen LogP contribution in [0.25, 0.3) is 0 Å². The molecule has 3 aliphatic heterocycles. The maximum atomic E-state index is 13.3. The van der Waals surface area contributed by atoms with Crippen LogP contribution in [0.5, 0.6) is 0 Å². The average Bonchev–Trinajstić information content (AvgIpc) is 3.18. The number of benzene rings is 1. The number of aliphatic carboxylic acids is 1. The van der Waals surface area contributed by atoms with Crippen LogP contribution < -0.4 is 4.90 Å². The molecule has 5 nitrogen and oxygen atoms in total. The Hall–Kier alpha value is -1.92. The number of halogens is 1. The monoisotopic (exact) mass is 403 g/mol. The molecule has 0 unspecified atom stereocenters. The Morgan fingerprint density at radius 2 is 2.08 bits per heavy atom. The lowest BCUT2D eigenvalue weighted by molar-refractivity contribution is -0.146. The van der Waals surface area contributed by atoms with Gasteiger partial charge in [-0.25, -0.2) is 0 Å². The molecule has 1 spiro atoms. The van der Waals surface area contributed by atoms with Crippen molar-refractivity contribution in [2.75, 3.05) is 4.90 Å². The first kappa shape index (κ1) is 16.5. The number of carboxylic acids is 1. The van der Waals surface area contributed by atoms with Crippen molar-refractivity contribution in [1.82, 2.24) is 0 Å². The van der Waals surface area contributed by atoms with Gasteiger partial charge in [-0.1, -0.05) is 33.7 Å². The number of anilines is 1. The second-order valence-corrected chi connectivity index (χ2v) is 7.91. The maximum Gasteiger partial charge on any atom is 0.310 e. The Labute approximate surface area is 154 Å². The van der Waals surface area contributed by atoms with Gasteiger partial charge < -0.3 is 14.7 Å². The first-order valence-corrected chi connectivity index (χ1v) is 8.97. The molecule has 1 N–H and O–H groups in total. The van der Waals surface area contributed by atoms with E-state index in [1.165, 1.54) is 0 Å². The minimum Gasteiger partial charge on any atom is -0.481 e. The molecule has 2 bridgehead atoms. The quantitative estimate of drug-likeness (QED) is 0.784. The zero-order chi connectivity index (χ0) is 17.9. The molecule has 0 radical (unpaired) electrons. The Balaban J connectivity index is 1.84. The molecule has 6 heteroatoms. The van der Waals surface area contributed by atoms with Crippen molar-refractivity contribution < 1.29 is 19.4 Å². The van der Waals surface area contributed by atoms with Gasteiger partial charge in [0.15, 0.2) is 0 Å². The fourth-order valence-corrected chi connectivity index (χ4v) is 4.69. The number of hydrogen-bond donors (Lipinski definition) is 1. The molecule has 0 saturated carbocycles. The predicted octanol–water partition coefficient (Wildman–Crippen LogP) is 3.15. The number of carbonyl (C=O) groups is 2. The van der Waals surface area contributed by atoms with Crippen LogP contribution in [0.3, 0.4) is 0 Å². The number of nitrogens with zero attached hydrogens (tertiary/aromatic N) is 1. The van der Waals surface area contributed by atoms with Crippen LogP contribution in [0.4, 0.5) is 5.69 Å². The number of carboxylic acid groups (broad SMARTS) is 1. The summed E-state index contributed by atoms with van der Waals surface area (Å²) < 4.78 is 7.03. The minimum atomic E-state index is -0.985. The lowest BCUT2D eigenvalue weighted by Crippen LogP contribution is -2.45. The molecule has 1 aromatic rings. The number of amides is 1. The molecule has 1 aromatic carbocycles. The van der Waals surface area contributed by atoms with E-state index in [0.29, 0.717) is 6.42 Å². The van der Waals surface area contributed by atoms with Gasteiger partial charge in [0.2, 0.25) is 5.91 Å². The summed E-state index contributed by atoms with van der Waals surface area (Å²) in [4.78, 5) is 26.8. The molecule has 5 atom stereocenters. The van der Waals surface area contributed by atoms with E-state index in [4.69, 9.17) is 4.74 Å². The van der Waals surface area contributed by atoms with Crippen molar-refractivity contribution in [1.29, 1.82) is 0 Å². The lowest BCUT2D eigenvalue weighted by Gasteiger charge is -2.33. The molecule has 0 aromatic heterocycles. The van der Waals surface area contributed by atoms with Crippen molar-refractivity contribution in [3.63, 3.8) is 0 Å². The third-order valence-electron chi connectivity index (χ3n) is 5.35. The van der Waals surface area contributed by atoms with Crippen LogP contribution in [0.2, 0.25) is 0 Å². The average molecular weight is 404 g/mol. The fourth-order valence-electron chi connectivity index (χ4n) is 4.42. The second kappa shape index (κ2) is 5.54. The Bertz CT molecular complexity index is 802. The normalized spacial score (nSPS) is 35.3. The standard InChI is InChI=1S/C19H18BrNO4/c1-10(2)9-14-19-8-7-13(25-19)15(18(23)24)16(19)17(22)21(14)12-5-3-11(20)4-6-12/h3-8,13-16H,1,9H2,2H3,(H,23,24)/t13-,14+,15-,16+,19-/m1/s1. The van der Waals surface area contributed by atoms with E-state index < -0.39 is 29.5 Å². The third kappa shape index (κ3) is 2.24.